The lowest BCUT2D eigenvalue weighted by atomic mass is 9.93. The van der Waals surface area contributed by atoms with E-state index in [4.69, 9.17) is 5.11 Å². The molecule has 1 amide bonds. The Kier molecular flexibility index (Phi) is 3.88. The van der Waals surface area contributed by atoms with Crippen molar-refractivity contribution in [2.24, 2.45) is 0 Å². The fraction of sp³-hybridized carbons (Fsp3) is 0.467. The number of benzene rings is 1. The maximum absolute atomic E-state index is 12.2. The van der Waals surface area contributed by atoms with Gasteiger partial charge in [-0.3, -0.25) is 9.59 Å². The smallest absolute Gasteiger partial charge is 0.303 e. The van der Waals surface area contributed by atoms with E-state index in [0.29, 0.717) is 13.0 Å². The predicted octanol–water partition coefficient (Wildman–Crippen LogP) is 2.01. The molecule has 1 saturated carbocycles. The molecule has 0 bridgehead atoms. The highest BCUT2D eigenvalue weighted by Crippen LogP contribution is 2.48. The molecule has 0 saturated heterocycles. The Morgan fingerprint density at radius 2 is 2.11 bits per heavy atom. The van der Waals surface area contributed by atoms with Crippen molar-refractivity contribution in [2.45, 2.75) is 38.0 Å². The topological polar surface area (TPSA) is 66.4 Å². The van der Waals surface area contributed by atoms with Crippen LogP contribution in [0.15, 0.2) is 24.3 Å². The summed E-state index contributed by atoms with van der Waals surface area (Å²) in [6.45, 7) is 2.45. The van der Waals surface area contributed by atoms with E-state index in [2.05, 4.69) is 11.4 Å². The zero-order valence-electron chi connectivity index (χ0n) is 11.1. The van der Waals surface area contributed by atoms with Crippen LogP contribution in [0.25, 0.3) is 0 Å². The lowest BCUT2D eigenvalue weighted by Crippen LogP contribution is -2.35. The monoisotopic (exact) mass is 261 g/mol. The van der Waals surface area contributed by atoms with E-state index in [1.54, 1.807) is 0 Å². The first kappa shape index (κ1) is 13.6. The van der Waals surface area contributed by atoms with Crippen molar-refractivity contribution in [1.29, 1.82) is 0 Å². The molecule has 1 aliphatic rings. The van der Waals surface area contributed by atoms with Gasteiger partial charge in [0.1, 0.15) is 0 Å². The van der Waals surface area contributed by atoms with Gasteiger partial charge >= 0.3 is 5.97 Å². The number of aliphatic carboxylic acids is 1. The second-order valence-electron chi connectivity index (χ2n) is 5.20. The second-order valence-corrected chi connectivity index (χ2v) is 5.20. The molecule has 4 heteroatoms. The van der Waals surface area contributed by atoms with Gasteiger partial charge in [0.25, 0.3) is 0 Å². The van der Waals surface area contributed by atoms with Crippen LogP contribution in [0.1, 0.15) is 36.8 Å². The Morgan fingerprint density at radius 3 is 2.68 bits per heavy atom. The quantitative estimate of drug-likeness (QED) is 0.770. The van der Waals surface area contributed by atoms with Crippen molar-refractivity contribution >= 4 is 11.9 Å². The third-order valence-electron chi connectivity index (χ3n) is 3.61. The fourth-order valence-electron chi connectivity index (χ4n) is 2.33. The highest BCUT2D eigenvalue weighted by atomic mass is 16.4. The van der Waals surface area contributed by atoms with Crippen LogP contribution >= 0.6 is 0 Å². The van der Waals surface area contributed by atoms with Crippen LogP contribution in [0.3, 0.4) is 0 Å². The largest absolute Gasteiger partial charge is 0.481 e. The lowest BCUT2D eigenvalue weighted by Gasteiger charge is -2.16. The van der Waals surface area contributed by atoms with Crippen molar-refractivity contribution in [2.75, 3.05) is 6.54 Å². The summed E-state index contributed by atoms with van der Waals surface area (Å²) in [5.74, 6) is -0.794. The molecule has 0 atom stereocenters. The average Bonchev–Trinajstić information content (AvgIpc) is 3.15. The molecule has 0 unspecified atom stereocenters. The van der Waals surface area contributed by atoms with Crippen molar-refractivity contribution in [3.05, 3.63) is 35.4 Å². The first-order valence-electron chi connectivity index (χ1n) is 6.62. The van der Waals surface area contributed by atoms with Gasteiger partial charge in [-0.25, -0.2) is 0 Å². The van der Waals surface area contributed by atoms with Crippen molar-refractivity contribution in [3.8, 4) is 0 Å². The number of carbonyl (C=O) groups is 2. The Bertz CT molecular complexity index is 492. The minimum Gasteiger partial charge on any atom is -0.481 e. The first-order valence-corrected chi connectivity index (χ1v) is 6.62. The Labute approximate surface area is 112 Å². The zero-order chi connectivity index (χ0) is 13.9. The first-order chi connectivity index (χ1) is 9.04. The maximum atomic E-state index is 12.2. The number of carboxylic acid groups (broad SMARTS) is 1. The second kappa shape index (κ2) is 5.43. The Hall–Kier alpha value is -1.84. The Morgan fingerprint density at radius 1 is 1.37 bits per heavy atom. The van der Waals surface area contributed by atoms with E-state index in [9.17, 15) is 9.59 Å². The molecule has 2 rings (SSSR count). The van der Waals surface area contributed by atoms with Crippen LogP contribution in [0.2, 0.25) is 0 Å². The summed E-state index contributed by atoms with van der Waals surface area (Å²) in [4.78, 5) is 22.6. The number of nitrogens with one attached hydrogen (secondary N) is 1. The summed E-state index contributed by atoms with van der Waals surface area (Å²) in [6.07, 6.45) is 2.32. The van der Waals surface area contributed by atoms with Gasteiger partial charge in [-0.1, -0.05) is 29.8 Å². The summed E-state index contributed by atoms with van der Waals surface area (Å²) in [7, 11) is 0. The maximum Gasteiger partial charge on any atom is 0.303 e. The third kappa shape index (κ3) is 3.13. The number of hydrogen-bond acceptors (Lipinski definition) is 2. The van der Waals surface area contributed by atoms with E-state index in [-0.39, 0.29) is 17.7 Å². The summed E-state index contributed by atoms with van der Waals surface area (Å²) in [5.41, 5.74) is 1.86. The molecule has 0 radical (unpaired) electrons. The number of carboxylic acids is 1. The van der Waals surface area contributed by atoms with Crippen LogP contribution in [0, 0.1) is 6.92 Å². The molecule has 0 heterocycles. The van der Waals surface area contributed by atoms with E-state index in [1.165, 1.54) is 0 Å². The SMILES string of the molecule is Cc1cccc(C2(C(=O)NCCCC(=O)O)CC2)c1. The molecule has 0 aromatic heterocycles. The van der Waals surface area contributed by atoms with E-state index in [0.717, 1.165) is 24.0 Å². The molecule has 1 aromatic rings. The van der Waals surface area contributed by atoms with Crippen LogP contribution in [-0.2, 0) is 15.0 Å². The molecule has 1 aliphatic carbocycles. The number of carbonyl (C=O) groups excluding carboxylic acids is 1. The normalized spacial score (nSPS) is 15.8. The summed E-state index contributed by atoms with van der Waals surface area (Å²) < 4.78 is 0. The minimum absolute atomic E-state index is 0.0310. The summed E-state index contributed by atoms with van der Waals surface area (Å²) in [5, 5.41) is 11.4. The van der Waals surface area contributed by atoms with Crippen LogP contribution in [0.4, 0.5) is 0 Å². The van der Waals surface area contributed by atoms with E-state index < -0.39 is 5.97 Å². The fourth-order valence-corrected chi connectivity index (χ4v) is 2.33. The molecule has 4 nitrogen and oxygen atoms in total. The zero-order valence-corrected chi connectivity index (χ0v) is 11.1. The van der Waals surface area contributed by atoms with Gasteiger partial charge in [0.15, 0.2) is 0 Å². The van der Waals surface area contributed by atoms with Crippen molar-refractivity contribution in [3.63, 3.8) is 0 Å². The summed E-state index contributed by atoms with van der Waals surface area (Å²) >= 11 is 0. The van der Waals surface area contributed by atoms with Crippen LogP contribution in [-0.4, -0.2) is 23.5 Å². The molecule has 102 valence electrons. The van der Waals surface area contributed by atoms with Gasteiger partial charge < -0.3 is 10.4 Å². The standard InChI is InChI=1S/C15H19NO3/c1-11-4-2-5-12(10-11)15(7-8-15)14(19)16-9-3-6-13(17)18/h2,4-5,10H,3,6-9H2,1H3,(H,16,19)(H,17,18). The molecule has 1 aromatic carbocycles. The molecule has 1 fully saturated rings. The average molecular weight is 261 g/mol. The van der Waals surface area contributed by atoms with Crippen molar-refractivity contribution < 1.29 is 14.7 Å². The highest BCUT2D eigenvalue weighted by molar-refractivity contribution is 5.91. The molecule has 2 N–H and O–H groups in total. The number of aryl methyl sites for hydroxylation is 1. The van der Waals surface area contributed by atoms with Crippen molar-refractivity contribution in [1.82, 2.24) is 5.32 Å². The van der Waals surface area contributed by atoms with Gasteiger partial charge in [0.2, 0.25) is 5.91 Å². The number of hydrogen-bond donors (Lipinski definition) is 2. The molecule has 0 aliphatic heterocycles. The number of amides is 1. The number of rotatable bonds is 6. The van der Waals surface area contributed by atoms with Gasteiger partial charge in [-0.2, -0.15) is 0 Å². The minimum atomic E-state index is -0.825. The molecular weight excluding hydrogens is 242 g/mol. The molecular formula is C15H19NO3. The van der Waals surface area contributed by atoms with E-state index in [1.807, 2.05) is 25.1 Å². The van der Waals surface area contributed by atoms with Gasteiger partial charge in [-0.15, -0.1) is 0 Å². The predicted molar refractivity (Wildman–Crippen MR) is 72.0 cm³/mol. The summed E-state index contributed by atoms with van der Waals surface area (Å²) in [6, 6.07) is 8.05. The molecule has 19 heavy (non-hydrogen) atoms. The Balaban J connectivity index is 1.93. The molecule has 0 spiro atoms. The van der Waals surface area contributed by atoms with Crippen LogP contribution in [0.5, 0.6) is 0 Å². The third-order valence-corrected chi connectivity index (χ3v) is 3.61. The van der Waals surface area contributed by atoms with Gasteiger partial charge in [-0.05, 0) is 31.7 Å². The lowest BCUT2D eigenvalue weighted by molar-refractivity contribution is -0.137. The van der Waals surface area contributed by atoms with Gasteiger partial charge in [0.05, 0.1) is 5.41 Å². The van der Waals surface area contributed by atoms with Gasteiger partial charge in [0, 0.05) is 13.0 Å². The van der Waals surface area contributed by atoms with Crippen LogP contribution < -0.4 is 5.32 Å². The van der Waals surface area contributed by atoms with E-state index >= 15 is 0 Å². The highest BCUT2D eigenvalue weighted by Gasteiger charge is 2.50.